The zero-order valence-corrected chi connectivity index (χ0v) is 12.1. The second kappa shape index (κ2) is 5.26. The number of hydrogen-bond acceptors (Lipinski definition) is 5. The summed E-state index contributed by atoms with van der Waals surface area (Å²) in [6.45, 7) is 2.08. The lowest BCUT2D eigenvalue weighted by molar-refractivity contribution is 0.352. The number of ether oxygens (including phenoxy) is 1. The number of halogens is 1. The van der Waals surface area contributed by atoms with Crippen LogP contribution >= 0.6 is 15.9 Å². The Bertz CT molecular complexity index is 598. The summed E-state index contributed by atoms with van der Waals surface area (Å²) in [6.07, 6.45) is 0.980. The second-order valence-corrected chi connectivity index (χ2v) is 5.37. The van der Waals surface area contributed by atoms with Gasteiger partial charge in [0.25, 0.3) is 0 Å². The van der Waals surface area contributed by atoms with E-state index in [4.69, 9.17) is 4.74 Å². The molecule has 0 unspecified atom stereocenters. The first-order valence-electron chi connectivity index (χ1n) is 6.10. The van der Waals surface area contributed by atoms with Crippen LogP contribution in [0.4, 0.5) is 0 Å². The summed E-state index contributed by atoms with van der Waals surface area (Å²) in [7, 11) is 1.76. The van der Waals surface area contributed by atoms with Gasteiger partial charge in [-0.3, -0.25) is 0 Å². The lowest BCUT2D eigenvalue weighted by atomic mass is 10.1. The van der Waals surface area contributed by atoms with Gasteiger partial charge in [-0.25, -0.2) is 0 Å². The molecule has 0 radical (unpaired) electrons. The van der Waals surface area contributed by atoms with Gasteiger partial charge in [0.05, 0.1) is 20.2 Å². The van der Waals surface area contributed by atoms with E-state index in [2.05, 4.69) is 48.8 Å². The van der Waals surface area contributed by atoms with Crippen LogP contribution in [0.2, 0.25) is 0 Å². The van der Waals surface area contributed by atoms with Gasteiger partial charge in [-0.1, -0.05) is 15.9 Å². The maximum Gasteiger partial charge on any atom is 0.188 e. The molecule has 1 aromatic carbocycles. The van der Waals surface area contributed by atoms with E-state index in [1.54, 1.807) is 7.05 Å². The standard InChI is InChI=1S/C12H14BrN5O/c1-18-16-11(15-17-18)7-14-6-9-5-10(13)4-8-2-3-19-12(8)9/h4-5,14H,2-3,6-7H2,1H3. The zero-order valence-electron chi connectivity index (χ0n) is 10.6. The molecular weight excluding hydrogens is 310 g/mol. The number of nitrogens with one attached hydrogen (secondary N) is 1. The summed E-state index contributed by atoms with van der Waals surface area (Å²) in [5.41, 5.74) is 2.43. The predicted molar refractivity (Wildman–Crippen MR) is 72.7 cm³/mol. The monoisotopic (exact) mass is 323 g/mol. The average Bonchev–Trinajstić information content (AvgIpc) is 2.98. The fourth-order valence-corrected chi connectivity index (χ4v) is 2.73. The van der Waals surface area contributed by atoms with Crippen molar-refractivity contribution in [1.29, 1.82) is 0 Å². The molecule has 2 heterocycles. The van der Waals surface area contributed by atoms with Crippen molar-refractivity contribution in [1.82, 2.24) is 25.5 Å². The van der Waals surface area contributed by atoms with Gasteiger partial charge in [0.2, 0.25) is 0 Å². The van der Waals surface area contributed by atoms with Crippen LogP contribution in [0.5, 0.6) is 5.75 Å². The van der Waals surface area contributed by atoms with Gasteiger partial charge >= 0.3 is 0 Å². The Morgan fingerprint density at radius 1 is 1.42 bits per heavy atom. The molecule has 0 spiro atoms. The van der Waals surface area contributed by atoms with Crippen LogP contribution in [0, 0.1) is 0 Å². The van der Waals surface area contributed by atoms with E-state index in [-0.39, 0.29) is 0 Å². The van der Waals surface area contributed by atoms with E-state index < -0.39 is 0 Å². The van der Waals surface area contributed by atoms with Crippen LogP contribution in [0.1, 0.15) is 17.0 Å². The Labute approximate surface area is 119 Å². The van der Waals surface area contributed by atoms with E-state index in [1.165, 1.54) is 10.4 Å². The van der Waals surface area contributed by atoms with Crippen molar-refractivity contribution < 1.29 is 4.74 Å². The van der Waals surface area contributed by atoms with Gasteiger partial charge in [-0.15, -0.1) is 10.2 Å². The smallest absolute Gasteiger partial charge is 0.188 e. The molecule has 0 atom stereocenters. The first-order valence-corrected chi connectivity index (χ1v) is 6.89. The third kappa shape index (κ3) is 2.76. The van der Waals surface area contributed by atoms with Crippen molar-refractivity contribution >= 4 is 15.9 Å². The quantitative estimate of drug-likeness (QED) is 0.915. The van der Waals surface area contributed by atoms with Crippen LogP contribution in [-0.2, 0) is 26.6 Å². The summed E-state index contributed by atoms with van der Waals surface area (Å²) in [4.78, 5) is 1.46. The van der Waals surface area contributed by atoms with E-state index in [0.717, 1.165) is 35.4 Å². The van der Waals surface area contributed by atoms with Gasteiger partial charge in [0, 0.05) is 23.0 Å². The predicted octanol–water partition coefficient (Wildman–Crippen LogP) is 1.20. The number of fused-ring (bicyclic) bond motifs is 1. The highest BCUT2D eigenvalue weighted by Gasteiger charge is 2.17. The van der Waals surface area contributed by atoms with Crippen LogP contribution in [-0.4, -0.2) is 26.8 Å². The molecule has 100 valence electrons. The Balaban J connectivity index is 1.67. The Morgan fingerprint density at radius 3 is 3.11 bits per heavy atom. The average molecular weight is 324 g/mol. The molecule has 1 aromatic heterocycles. The number of aryl methyl sites for hydroxylation is 1. The lowest BCUT2D eigenvalue weighted by Crippen LogP contribution is -2.14. The minimum absolute atomic E-state index is 0.592. The third-order valence-electron chi connectivity index (χ3n) is 2.97. The van der Waals surface area contributed by atoms with Gasteiger partial charge in [-0.05, 0) is 22.9 Å². The maximum absolute atomic E-state index is 5.68. The van der Waals surface area contributed by atoms with E-state index >= 15 is 0 Å². The number of benzene rings is 1. The van der Waals surface area contributed by atoms with Crippen LogP contribution in [0.25, 0.3) is 0 Å². The SMILES string of the molecule is Cn1nnc(CNCc2cc(Br)cc3c2OCC3)n1. The lowest BCUT2D eigenvalue weighted by Gasteiger charge is -2.09. The van der Waals surface area contributed by atoms with Gasteiger partial charge in [-0.2, -0.15) is 4.80 Å². The summed E-state index contributed by atoms with van der Waals surface area (Å²) in [5, 5.41) is 15.2. The number of aromatic nitrogens is 4. The largest absolute Gasteiger partial charge is 0.493 e. The minimum atomic E-state index is 0.592. The first-order chi connectivity index (χ1) is 9.22. The first kappa shape index (κ1) is 12.6. The highest BCUT2D eigenvalue weighted by atomic mass is 79.9. The molecular formula is C12H14BrN5O. The second-order valence-electron chi connectivity index (χ2n) is 4.45. The molecule has 0 fully saturated rings. The number of hydrogen-bond donors (Lipinski definition) is 1. The Hall–Kier alpha value is -1.47. The van der Waals surface area contributed by atoms with Crippen LogP contribution < -0.4 is 10.1 Å². The maximum atomic E-state index is 5.68. The molecule has 3 rings (SSSR count). The highest BCUT2D eigenvalue weighted by Crippen LogP contribution is 2.32. The van der Waals surface area contributed by atoms with Gasteiger partial charge in [0.1, 0.15) is 5.75 Å². The number of rotatable bonds is 4. The van der Waals surface area contributed by atoms with Crippen molar-refractivity contribution in [2.24, 2.45) is 7.05 Å². The number of tetrazole rings is 1. The molecule has 0 amide bonds. The van der Waals surface area contributed by atoms with Gasteiger partial charge < -0.3 is 10.1 Å². The molecule has 1 aliphatic rings. The molecule has 19 heavy (non-hydrogen) atoms. The van der Waals surface area contributed by atoms with E-state index in [1.807, 2.05) is 0 Å². The Kier molecular flexibility index (Phi) is 3.48. The van der Waals surface area contributed by atoms with Crippen molar-refractivity contribution in [3.63, 3.8) is 0 Å². The van der Waals surface area contributed by atoms with Crippen LogP contribution in [0.15, 0.2) is 16.6 Å². The van der Waals surface area contributed by atoms with Crippen molar-refractivity contribution in [2.75, 3.05) is 6.61 Å². The molecule has 2 aromatic rings. The summed E-state index contributed by atoms with van der Waals surface area (Å²) >= 11 is 3.53. The van der Waals surface area contributed by atoms with Crippen molar-refractivity contribution in [3.05, 3.63) is 33.6 Å². The van der Waals surface area contributed by atoms with Crippen molar-refractivity contribution in [3.8, 4) is 5.75 Å². The molecule has 0 aliphatic carbocycles. The van der Waals surface area contributed by atoms with E-state index in [0.29, 0.717) is 12.4 Å². The molecule has 1 aliphatic heterocycles. The number of nitrogens with zero attached hydrogens (tertiary/aromatic N) is 4. The zero-order chi connectivity index (χ0) is 13.2. The topological polar surface area (TPSA) is 64.9 Å². The minimum Gasteiger partial charge on any atom is -0.493 e. The van der Waals surface area contributed by atoms with E-state index in [9.17, 15) is 0 Å². The Morgan fingerprint density at radius 2 is 2.32 bits per heavy atom. The highest BCUT2D eigenvalue weighted by molar-refractivity contribution is 9.10. The molecule has 0 saturated heterocycles. The summed E-state index contributed by atoms with van der Waals surface area (Å²) < 4.78 is 6.77. The van der Waals surface area contributed by atoms with Crippen molar-refractivity contribution in [2.45, 2.75) is 19.5 Å². The van der Waals surface area contributed by atoms with Crippen LogP contribution in [0.3, 0.4) is 0 Å². The molecule has 0 saturated carbocycles. The summed E-state index contributed by atoms with van der Waals surface area (Å²) in [6, 6.07) is 4.21. The molecule has 7 heteroatoms. The summed E-state index contributed by atoms with van der Waals surface area (Å²) in [5.74, 6) is 1.71. The fourth-order valence-electron chi connectivity index (χ4n) is 2.18. The van der Waals surface area contributed by atoms with Gasteiger partial charge in [0.15, 0.2) is 5.82 Å². The fraction of sp³-hybridized carbons (Fsp3) is 0.417. The molecule has 6 nitrogen and oxygen atoms in total. The molecule has 0 bridgehead atoms. The molecule has 1 N–H and O–H groups in total. The normalized spacial score (nSPS) is 13.4. The third-order valence-corrected chi connectivity index (χ3v) is 3.43.